The van der Waals surface area contributed by atoms with E-state index in [2.05, 4.69) is 52.0 Å². The molecule has 0 radical (unpaired) electrons. The van der Waals surface area contributed by atoms with E-state index in [-0.39, 0.29) is 6.61 Å². The zero-order chi connectivity index (χ0) is 21.6. The van der Waals surface area contributed by atoms with Gasteiger partial charge < -0.3 is 15.8 Å². The van der Waals surface area contributed by atoms with Crippen LogP contribution in [0.1, 0.15) is 60.3 Å². The van der Waals surface area contributed by atoms with Crippen molar-refractivity contribution in [1.29, 1.82) is 0 Å². The van der Waals surface area contributed by atoms with Gasteiger partial charge in [-0.05, 0) is 45.8 Å². The third-order valence-electron chi connectivity index (χ3n) is 3.36. The summed E-state index contributed by atoms with van der Waals surface area (Å²) in [6.45, 7) is 13.9. The first-order valence-corrected chi connectivity index (χ1v) is 10.9. The van der Waals surface area contributed by atoms with Crippen LogP contribution in [0.25, 0.3) is 0 Å². The normalized spacial score (nSPS) is 14.3. The summed E-state index contributed by atoms with van der Waals surface area (Å²) >= 11 is 9.56. The van der Waals surface area contributed by atoms with Gasteiger partial charge in [0.25, 0.3) is 0 Å². The van der Waals surface area contributed by atoms with Gasteiger partial charge in [0, 0.05) is 68.6 Å². The minimum atomic E-state index is 0.250. The van der Waals surface area contributed by atoms with Crippen LogP contribution in [-0.4, -0.2) is 71.0 Å². The van der Waals surface area contributed by atoms with E-state index in [4.69, 9.17) is 17.3 Å². The van der Waals surface area contributed by atoms with Crippen molar-refractivity contribution >= 4 is 52.6 Å². The lowest BCUT2D eigenvalue weighted by Crippen LogP contribution is -2.34. The average molecular weight is 431 g/mol. The first-order valence-electron chi connectivity index (χ1n) is 9.98. The SMILES string of the molecule is CCC1=NNCC1.CCN=CC=S.CCNC(=S)N1CCC(CC)=N1.CCO. The largest absolute Gasteiger partial charge is 0.397 e. The lowest BCUT2D eigenvalue weighted by molar-refractivity contribution is 0.318. The molecule has 0 aromatic rings. The summed E-state index contributed by atoms with van der Waals surface area (Å²) in [5, 5.41) is 23.2. The molecule has 0 bridgehead atoms. The van der Waals surface area contributed by atoms with Crippen molar-refractivity contribution in [3.63, 3.8) is 0 Å². The quantitative estimate of drug-likeness (QED) is 0.459. The lowest BCUT2D eigenvalue weighted by atomic mass is 10.2. The summed E-state index contributed by atoms with van der Waals surface area (Å²) in [6, 6.07) is 0. The van der Waals surface area contributed by atoms with Gasteiger partial charge in [-0.1, -0.05) is 26.1 Å². The predicted molar refractivity (Wildman–Crippen MR) is 131 cm³/mol. The zero-order valence-corrected chi connectivity index (χ0v) is 19.7. The van der Waals surface area contributed by atoms with Crippen LogP contribution in [0.15, 0.2) is 15.2 Å². The number of nitrogens with zero attached hydrogens (tertiary/aromatic N) is 4. The fourth-order valence-corrected chi connectivity index (χ4v) is 2.33. The maximum absolute atomic E-state index is 7.57. The average Bonchev–Trinajstić information content (AvgIpc) is 3.39. The van der Waals surface area contributed by atoms with Crippen molar-refractivity contribution in [2.45, 2.75) is 60.3 Å². The van der Waals surface area contributed by atoms with Gasteiger partial charge >= 0.3 is 0 Å². The molecule has 9 heteroatoms. The highest BCUT2D eigenvalue weighted by atomic mass is 32.1. The van der Waals surface area contributed by atoms with Gasteiger partial charge in [0.2, 0.25) is 0 Å². The molecule has 2 aliphatic heterocycles. The molecule has 7 nitrogen and oxygen atoms in total. The zero-order valence-electron chi connectivity index (χ0n) is 18.1. The smallest absolute Gasteiger partial charge is 0.189 e. The number of thiocarbonyl (C=S) groups is 2. The van der Waals surface area contributed by atoms with Crippen molar-refractivity contribution in [1.82, 2.24) is 15.8 Å². The van der Waals surface area contributed by atoms with Crippen LogP contribution in [0.3, 0.4) is 0 Å². The molecule has 28 heavy (non-hydrogen) atoms. The molecule has 0 atom stereocenters. The van der Waals surface area contributed by atoms with E-state index >= 15 is 0 Å². The van der Waals surface area contributed by atoms with Crippen LogP contribution in [0, 0.1) is 0 Å². The molecule has 2 rings (SSSR count). The molecule has 0 aromatic carbocycles. The number of aliphatic hydroxyl groups is 1. The lowest BCUT2D eigenvalue weighted by Gasteiger charge is -2.14. The Labute approximate surface area is 181 Å². The molecule has 2 aliphatic rings. The predicted octanol–water partition coefficient (Wildman–Crippen LogP) is 3.17. The molecule has 162 valence electrons. The maximum Gasteiger partial charge on any atom is 0.189 e. The van der Waals surface area contributed by atoms with Gasteiger partial charge in [-0.15, -0.1) is 0 Å². The molecule has 0 fully saturated rings. The molecular weight excluding hydrogens is 392 g/mol. The van der Waals surface area contributed by atoms with Crippen molar-refractivity contribution in [3.05, 3.63) is 0 Å². The molecule has 0 amide bonds. The van der Waals surface area contributed by atoms with E-state index in [1.807, 2.05) is 18.9 Å². The van der Waals surface area contributed by atoms with E-state index in [0.29, 0.717) is 0 Å². The monoisotopic (exact) mass is 430 g/mol. The minimum Gasteiger partial charge on any atom is -0.397 e. The Balaban J connectivity index is 0. The van der Waals surface area contributed by atoms with Crippen molar-refractivity contribution < 1.29 is 5.11 Å². The second-order valence-electron chi connectivity index (χ2n) is 5.52. The highest BCUT2D eigenvalue weighted by Gasteiger charge is 2.15. The summed E-state index contributed by atoms with van der Waals surface area (Å²) < 4.78 is 0. The summed E-state index contributed by atoms with van der Waals surface area (Å²) in [5.74, 6) is 0. The van der Waals surface area contributed by atoms with Gasteiger partial charge in [0.15, 0.2) is 5.11 Å². The number of hydrogen-bond donors (Lipinski definition) is 3. The fourth-order valence-electron chi connectivity index (χ4n) is 1.97. The maximum atomic E-state index is 7.57. The Morgan fingerprint density at radius 3 is 2.18 bits per heavy atom. The third kappa shape index (κ3) is 16.7. The second-order valence-corrected chi connectivity index (χ2v) is 6.18. The van der Waals surface area contributed by atoms with Crippen molar-refractivity contribution in [2.75, 3.05) is 32.8 Å². The topological polar surface area (TPSA) is 84.6 Å². The summed E-state index contributed by atoms with van der Waals surface area (Å²) in [6.07, 6.45) is 5.96. The third-order valence-corrected chi connectivity index (χ3v) is 3.84. The van der Waals surface area contributed by atoms with Crippen molar-refractivity contribution in [2.24, 2.45) is 15.2 Å². The Morgan fingerprint density at radius 1 is 1.21 bits per heavy atom. The van der Waals surface area contributed by atoms with E-state index in [0.717, 1.165) is 57.0 Å². The Hall–Kier alpha value is -1.45. The van der Waals surface area contributed by atoms with Crippen LogP contribution < -0.4 is 10.7 Å². The minimum absolute atomic E-state index is 0.250. The Bertz CT molecular complexity index is 495. The van der Waals surface area contributed by atoms with Gasteiger partial charge in [0.05, 0.1) is 0 Å². The van der Waals surface area contributed by atoms with Crippen LogP contribution in [0.5, 0.6) is 0 Å². The number of nitrogens with one attached hydrogen (secondary N) is 2. The van der Waals surface area contributed by atoms with Gasteiger partial charge in [-0.3, -0.25) is 4.99 Å². The van der Waals surface area contributed by atoms with E-state index < -0.39 is 0 Å². The molecule has 0 aliphatic carbocycles. The molecule has 0 saturated heterocycles. The summed E-state index contributed by atoms with van der Waals surface area (Å²) in [4.78, 5) is 3.81. The first kappa shape index (κ1) is 28.8. The van der Waals surface area contributed by atoms with Gasteiger partial charge in [-0.25, -0.2) is 5.01 Å². The number of aliphatic imine (C=N–C) groups is 1. The van der Waals surface area contributed by atoms with E-state index in [9.17, 15) is 0 Å². The number of rotatable bonds is 5. The van der Waals surface area contributed by atoms with Crippen LogP contribution in [0.4, 0.5) is 0 Å². The van der Waals surface area contributed by atoms with Crippen LogP contribution >= 0.6 is 24.4 Å². The van der Waals surface area contributed by atoms with E-state index in [1.54, 1.807) is 13.1 Å². The van der Waals surface area contributed by atoms with Gasteiger partial charge in [0.1, 0.15) is 0 Å². The first-order chi connectivity index (χ1) is 13.5. The second kappa shape index (κ2) is 21.8. The highest BCUT2D eigenvalue weighted by Crippen LogP contribution is 2.08. The molecule has 0 spiro atoms. The molecule has 3 N–H and O–H groups in total. The Kier molecular flexibility index (Phi) is 22.4. The standard InChI is InChI=1S/C8H15N3S.C5H10N2.C4H7NS.C2H6O/c1-3-7-5-6-11(10-7)8(12)9-4-2;1-2-5-3-4-6-7-5;1-2-5-3-4-6;1-2-3/h3-6H2,1-2H3,(H,9,12);6H,2-4H2,1H3;3-4H,2H2,1H3;3H,2H2,1H3. The van der Waals surface area contributed by atoms with Crippen LogP contribution in [-0.2, 0) is 0 Å². The highest BCUT2D eigenvalue weighted by molar-refractivity contribution is 7.80. The number of aliphatic hydroxyl groups excluding tert-OH is 1. The molecule has 2 heterocycles. The van der Waals surface area contributed by atoms with Crippen molar-refractivity contribution in [3.8, 4) is 0 Å². The summed E-state index contributed by atoms with van der Waals surface area (Å²) in [5.41, 5.74) is 5.46. The Morgan fingerprint density at radius 2 is 1.86 bits per heavy atom. The molecule has 0 aromatic heterocycles. The summed E-state index contributed by atoms with van der Waals surface area (Å²) in [7, 11) is 0. The molecule has 0 saturated carbocycles. The van der Waals surface area contributed by atoms with Crippen LogP contribution in [0.2, 0.25) is 0 Å². The molecular formula is C19H38N6OS2. The number of hydrogen-bond acceptors (Lipinski definition) is 7. The fraction of sp³-hybridized carbons (Fsp3) is 0.737. The molecule has 0 unspecified atom stereocenters. The van der Waals surface area contributed by atoms with E-state index in [1.165, 1.54) is 16.8 Å². The number of hydrazone groups is 2. The van der Waals surface area contributed by atoms with Gasteiger partial charge in [-0.2, -0.15) is 10.2 Å².